The highest BCUT2D eigenvalue weighted by molar-refractivity contribution is 6.12. The minimum absolute atomic E-state index is 0.592. The summed E-state index contributed by atoms with van der Waals surface area (Å²) in [5.74, 6) is 1.23. The number of pyridine rings is 2. The molecule has 0 saturated carbocycles. The van der Waals surface area contributed by atoms with Gasteiger partial charge in [0.05, 0.1) is 18.0 Å². The van der Waals surface area contributed by atoms with Crippen LogP contribution in [0, 0.1) is 18.8 Å². The summed E-state index contributed by atoms with van der Waals surface area (Å²) in [4.78, 5) is 4.88. The second-order valence-electron chi connectivity index (χ2n) is 9.90. The molecule has 2 aromatic carbocycles. The van der Waals surface area contributed by atoms with Crippen molar-refractivity contribution in [2.45, 2.75) is 47.5 Å². The number of imidazole rings is 1. The first kappa shape index (κ1) is 20.0. The van der Waals surface area contributed by atoms with E-state index in [2.05, 4.69) is 93.1 Å². The van der Waals surface area contributed by atoms with Crippen LogP contribution in [-0.2, 0) is 19.9 Å². The number of nitrogens with zero attached hydrogens (tertiary/aromatic N) is 3. The van der Waals surface area contributed by atoms with Crippen molar-refractivity contribution >= 4 is 38.5 Å². The first-order valence-corrected chi connectivity index (χ1v) is 11.5. The fourth-order valence-electron chi connectivity index (χ4n) is 5.21. The lowest BCUT2D eigenvalue weighted by Gasteiger charge is -2.11. The Hall–Kier alpha value is -2.94. The van der Waals surface area contributed by atoms with E-state index in [1.165, 1.54) is 49.7 Å². The average molecular weight is 411 g/mol. The average Bonchev–Trinajstić information content (AvgIpc) is 2.99. The Bertz CT molecular complexity index is 1450. The van der Waals surface area contributed by atoms with Crippen molar-refractivity contribution in [1.29, 1.82) is 0 Å². The number of para-hydroxylation sites is 1. The lowest BCUT2D eigenvalue weighted by Crippen LogP contribution is -2.27. The molecule has 0 aliphatic rings. The second kappa shape index (κ2) is 7.33. The third-order valence-corrected chi connectivity index (χ3v) is 6.42. The maximum atomic E-state index is 4.88. The van der Waals surface area contributed by atoms with E-state index in [4.69, 9.17) is 4.98 Å². The van der Waals surface area contributed by atoms with Gasteiger partial charge in [-0.1, -0.05) is 45.9 Å². The van der Waals surface area contributed by atoms with Crippen molar-refractivity contribution < 1.29 is 4.57 Å². The highest BCUT2D eigenvalue weighted by Gasteiger charge is 2.26. The SMILES string of the molecule is Cc1ccnc2c3cccc(CC(C)C)c3n3c4cc(CC(C)C)ccc4[n+](C)c3c12. The van der Waals surface area contributed by atoms with Crippen molar-refractivity contribution in [2.75, 3.05) is 0 Å². The quantitative estimate of drug-likeness (QED) is 0.251. The number of hydrogen-bond acceptors (Lipinski definition) is 1. The normalized spacial score (nSPS) is 12.4. The smallest absolute Gasteiger partial charge is 0.255 e. The van der Waals surface area contributed by atoms with Gasteiger partial charge in [0.25, 0.3) is 5.65 Å². The number of benzene rings is 2. The van der Waals surface area contributed by atoms with Gasteiger partial charge in [-0.15, -0.1) is 0 Å². The molecule has 0 saturated heterocycles. The van der Waals surface area contributed by atoms with E-state index in [0.29, 0.717) is 11.8 Å². The number of rotatable bonds is 4. The Morgan fingerprint density at radius 2 is 1.74 bits per heavy atom. The minimum Gasteiger partial charge on any atom is -0.255 e. The van der Waals surface area contributed by atoms with Crippen LogP contribution in [0.4, 0.5) is 0 Å². The summed E-state index contributed by atoms with van der Waals surface area (Å²) in [6.07, 6.45) is 4.10. The van der Waals surface area contributed by atoms with E-state index < -0.39 is 0 Å². The molecule has 0 radical (unpaired) electrons. The van der Waals surface area contributed by atoms with E-state index in [9.17, 15) is 0 Å². The zero-order valence-corrected chi connectivity index (χ0v) is 19.5. The van der Waals surface area contributed by atoms with Gasteiger partial charge >= 0.3 is 0 Å². The van der Waals surface area contributed by atoms with Crippen LogP contribution in [0.5, 0.6) is 0 Å². The molecule has 0 amide bonds. The number of aryl methyl sites for hydroxylation is 2. The molecule has 31 heavy (non-hydrogen) atoms. The predicted molar refractivity (Wildman–Crippen MR) is 131 cm³/mol. The summed E-state index contributed by atoms with van der Waals surface area (Å²) in [5.41, 5.74) is 10.3. The van der Waals surface area contributed by atoms with Gasteiger partial charge in [0.2, 0.25) is 0 Å². The lowest BCUT2D eigenvalue weighted by atomic mass is 9.98. The second-order valence-corrected chi connectivity index (χ2v) is 9.90. The summed E-state index contributed by atoms with van der Waals surface area (Å²) >= 11 is 0. The van der Waals surface area contributed by atoms with Crippen molar-refractivity contribution in [3.05, 3.63) is 65.4 Å². The Morgan fingerprint density at radius 3 is 2.48 bits per heavy atom. The molecule has 0 aliphatic heterocycles. The zero-order valence-electron chi connectivity index (χ0n) is 19.5. The van der Waals surface area contributed by atoms with Gasteiger partial charge < -0.3 is 0 Å². The molecule has 5 aromatic rings. The molecule has 0 fully saturated rings. The number of aromatic nitrogens is 3. The number of hydrogen-bond donors (Lipinski definition) is 0. The van der Waals surface area contributed by atoms with Crippen LogP contribution in [-0.4, -0.2) is 9.38 Å². The molecule has 5 rings (SSSR count). The molecule has 3 heteroatoms. The van der Waals surface area contributed by atoms with Gasteiger partial charge in [0.1, 0.15) is 5.52 Å². The molecule has 0 spiro atoms. The van der Waals surface area contributed by atoms with E-state index in [1.807, 2.05) is 6.20 Å². The van der Waals surface area contributed by atoms with Crippen LogP contribution in [0.25, 0.3) is 38.5 Å². The van der Waals surface area contributed by atoms with Crippen LogP contribution in [0.1, 0.15) is 44.4 Å². The summed E-state index contributed by atoms with van der Waals surface area (Å²) in [5, 5.41) is 2.50. The third kappa shape index (κ3) is 3.10. The largest absolute Gasteiger partial charge is 0.297 e. The topological polar surface area (TPSA) is 21.2 Å². The molecular formula is C28H32N3+. The minimum atomic E-state index is 0.592. The molecule has 0 bridgehead atoms. The van der Waals surface area contributed by atoms with Gasteiger partial charge in [-0.3, -0.25) is 4.98 Å². The van der Waals surface area contributed by atoms with Crippen molar-refractivity contribution in [2.24, 2.45) is 18.9 Å². The first-order chi connectivity index (χ1) is 14.9. The molecule has 158 valence electrons. The fourth-order valence-corrected chi connectivity index (χ4v) is 5.21. The Balaban J connectivity index is 2.07. The van der Waals surface area contributed by atoms with Crippen LogP contribution in [0.2, 0.25) is 0 Å². The highest BCUT2D eigenvalue weighted by Crippen LogP contribution is 2.34. The van der Waals surface area contributed by atoms with Gasteiger partial charge in [0, 0.05) is 17.1 Å². The third-order valence-electron chi connectivity index (χ3n) is 6.42. The molecule has 3 aromatic heterocycles. The molecule has 0 N–H and O–H groups in total. The van der Waals surface area contributed by atoms with Crippen LogP contribution in [0.3, 0.4) is 0 Å². The maximum absolute atomic E-state index is 4.88. The monoisotopic (exact) mass is 410 g/mol. The predicted octanol–water partition coefficient (Wildman–Crippen LogP) is 6.32. The van der Waals surface area contributed by atoms with Crippen molar-refractivity contribution in [3.8, 4) is 0 Å². The summed E-state index contributed by atoms with van der Waals surface area (Å²) < 4.78 is 4.88. The summed E-state index contributed by atoms with van der Waals surface area (Å²) in [6, 6.07) is 15.9. The number of fused-ring (bicyclic) bond motifs is 8. The zero-order chi connectivity index (χ0) is 21.9. The van der Waals surface area contributed by atoms with Crippen LogP contribution in [0.15, 0.2) is 48.7 Å². The van der Waals surface area contributed by atoms with Crippen molar-refractivity contribution in [1.82, 2.24) is 9.38 Å². The van der Waals surface area contributed by atoms with Gasteiger partial charge in [-0.05, 0) is 67.0 Å². The Morgan fingerprint density at radius 1 is 0.968 bits per heavy atom. The Labute approximate surface area is 184 Å². The first-order valence-electron chi connectivity index (χ1n) is 11.5. The van der Waals surface area contributed by atoms with E-state index in [-0.39, 0.29) is 0 Å². The fraction of sp³-hybridized carbons (Fsp3) is 0.357. The lowest BCUT2D eigenvalue weighted by molar-refractivity contribution is -0.617. The molecule has 3 heterocycles. The Kier molecular flexibility index (Phi) is 4.73. The maximum Gasteiger partial charge on any atom is 0.297 e. The van der Waals surface area contributed by atoms with E-state index >= 15 is 0 Å². The molecular weight excluding hydrogens is 378 g/mol. The molecule has 3 nitrogen and oxygen atoms in total. The van der Waals surface area contributed by atoms with Gasteiger partial charge in [0.15, 0.2) is 11.0 Å². The van der Waals surface area contributed by atoms with Gasteiger partial charge in [-0.2, -0.15) is 4.40 Å². The van der Waals surface area contributed by atoms with Crippen LogP contribution < -0.4 is 4.57 Å². The molecule has 0 aliphatic carbocycles. The summed E-state index contributed by atoms with van der Waals surface area (Å²) in [6.45, 7) is 11.4. The van der Waals surface area contributed by atoms with Crippen LogP contribution >= 0.6 is 0 Å². The van der Waals surface area contributed by atoms with E-state index in [0.717, 1.165) is 18.4 Å². The molecule has 0 atom stereocenters. The van der Waals surface area contributed by atoms with Crippen molar-refractivity contribution in [3.63, 3.8) is 0 Å². The van der Waals surface area contributed by atoms with E-state index in [1.54, 1.807) is 0 Å². The standard InChI is InChI=1S/C28H32N3/c1-17(2)14-20-10-11-23-24(16-20)31-27-21(15-18(3)4)8-7-9-22(27)26-25(28(31)30(23)6)19(5)12-13-29-26/h7-13,16-18H,14-15H2,1-6H3/q+1. The highest BCUT2D eigenvalue weighted by atomic mass is 15.1. The molecule has 0 unspecified atom stereocenters. The van der Waals surface area contributed by atoms with Gasteiger partial charge in [-0.25, -0.2) is 4.57 Å². The summed E-state index contributed by atoms with van der Waals surface area (Å²) in [7, 11) is 2.20.